The number of hydrogen-bond acceptors (Lipinski definition) is 0. The van der Waals surface area contributed by atoms with Crippen LogP contribution in [-0.2, 0) is 146 Å². The van der Waals surface area contributed by atoms with Crippen LogP contribution < -0.4 is 10.7 Å². The van der Waals surface area contributed by atoms with Crippen LogP contribution in [0.5, 0.6) is 0 Å². The van der Waals surface area contributed by atoms with Crippen molar-refractivity contribution in [2.75, 3.05) is 0 Å². The molecule has 1 aliphatic carbocycles. The van der Waals surface area contributed by atoms with Crippen LogP contribution in [0.3, 0.4) is 0 Å². The van der Waals surface area contributed by atoms with E-state index >= 15 is 0 Å². The first kappa shape index (κ1) is 44.5. The molecule has 0 bridgehead atoms. The summed E-state index contributed by atoms with van der Waals surface area (Å²) in [5.41, 5.74) is 2.93. The minimum absolute atomic E-state index is 0. The average molecular weight is 1320 g/mol. The van der Waals surface area contributed by atoms with Gasteiger partial charge in [-0.05, 0) is 36.8 Å². The maximum absolute atomic E-state index is 4.08. The SMILES string of the molecule is C=c1c2c(c(=C)n1C)CCCC2.CC.CC.[W].[W].[W].[W].[W].[W]. The van der Waals surface area contributed by atoms with Gasteiger partial charge in [0.15, 0.2) is 0 Å². The second-order valence-corrected chi connectivity index (χ2v) is 3.62. The van der Waals surface area contributed by atoms with Crippen molar-refractivity contribution < 1.29 is 126 Å². The first-order valence-electron chi connectivity index (χ1n) is 6.56. The van der Waals surface area contributed by atoms with E-state index in [-0.39, 0.29) is 126 Å². The molecular formula is C15H27NW6. The van der Waals surface area contributed by atoms with Crippen LogP contribution in [0.4, 0.5) is 0 Å². The van der Waals surface area contributed by atoms with Gasteiger partial charge in [0.1, 0.15) is 0 Å². The van der Waals surface area contributed by atoms with Gasteiger partial charge in [-0.1, -0.05) is 40.9 Å². The minimum Gasteiger partial charge on any atom is -0.345 e. The van der Waals surface area contributed by atoms with E-state index in [1.54, 1.807) is 0 Å². The normalized spacial score (nSPS) is 9.32. The number of aromatic nitrogens is 1. The molecule has 0 spiro atoms. The molecule has 0 aromatic carbocycles. The molecule has 1 heterocycles. The van der Waals surface area contributed by atoms with Crippen LogP contribution >= 0.6 is 0 Å². The third-order valence-corrected chi connectivity index (χ3v) is 2.97. The molecule has 0 aliphatic heterocycles. The molecule has 0 atom stereocenters. The van der Waals surface area contributed by atoms with Crippen LogP contribution in [0.15, 0.2) is 0 Å². The molecule has 0 radical (unpaired) electrons. The van der Waals surface area contributed by atoms with Gasteiger partial charge in [-0.15, -0.1) is 0 Å². The standard InChI is InChI=1S/C11H15N.2C2H6.6W/c1-8-10-6-4-5-7-11(10)9(2)12(8)3;2*1-2;;;;;;/h1-2,4-7H2,3H3;2*1-2H3;;;;;;. The fourth-order valence-electron chi connectivity index (χ4n) is 2.11. The van der Waals surface area contributed by atoms with E-state index in [2.05, 4.69) is 24.8 Å². The van der Waals surface area contributed by atoms with Crippen molar-refractivity contribution in [3.63, 3.8) is 0 Å². The van der Waals surface area contributed by atoms with Gasteiger partial charge < -0.3 is 4.57 Å². The van der Waals surface area contributed by atoms with E-state index in [1.165, 1.54) is 47.5 Å². The van der Waals surface area contributed by atoms with Gasteiger partial charge in [-0.2, -0.15) is 0 Å². The third-order valence-electron chi connectivity index (χ3n) is 2.97. The van der Waals surface area contributed by atoms with Crippen molar-refractivity contribution in [3.05, 3.63) is 21.8 Å². The van der Waals surface area contributed by atoms with Gasteiger partial charge in [0.25, 0.3) is 0 Å². The molecule has 1 nitrogen and oxygen atoms in total. The van der Waals surface area contributed by atoms with E-state index < -0.39 is 0 Å². The van der Waals surface area contributed by atoms with Gasteiger partial charge in [0.2, 0.25) is 0 Å². The van der Waals surface area contributed by atoms with Crippen molar-refractivity contribution in [3.8, 4) is 0 Å². The summed E-state index contributed by atoms with van der Waals surface area (Å²) in [5.74, 6) is 0. The first-order chi connectivity index (χ1) is 7.72. The Bertz CT molecular complexity index is 379. The van der Waals surface area contributed by atoms with Gasteiger partial charge in [0.05, 0.1) is 0 Å². The molecule has 0 saturated heterocycles. The van der Waals surface area contributed by atoms with E-state index in [1.807, 2.05) is 27.7 Å². The Morgan fingerprint density at radius 1 is 0.636 bits per heavy atom. The van der Waals surface area contributed by atoms with Gasteiger partial charge in [-0.3, -0.25) is 0 Å². The zero-order valence-corrected chi connectivity index (χ0v) is 31.7. The molecule has 1 aliphatic rings. The first-order valence-corrected chi connectivity index (χ1v) is 6.56. The summed E-state index contributed by atoms with van der Waals surface area (Å²) in [5, 5.41) is 2.35. The quantitative estimate of drug-likeness (QED) is 0.378. The summed E-state index contributed by atoms with van der Waals surface area (Å²) in [7, 11) is 2.06. The molecule has 1 aromatic rings. The Morgan fingerprint density at radius 3 is 1.09 bits per heavy atom. The summed E-state index contributed by atoms with van der Waals surface area (Å²) < 4.78 is 2.12. The summed E-state index contributed by atoms with van der Waals surface area (Å²) in [6.07, 6.45) is 5.05. The van der Waals surface area contributed by atoms with Crippen molar-refractivity contribution >= 4 is 13.2 Å². The molecule has 2 rings (SSSR count). The predicted octanol–water partition coefficient (Wildman–Crippen LogP) is 2.76. The zero-order chi connectivity index (χ0) is 12.7. The van der Waals surface area contributed by atoms with Crippen molar-refractivity contribution in [1.29, 1.82) is 0 Å². The van der Waals surface area contributed by atoms with E-state index in [4.69, 9.17) is 0 Å². The molecule has 7 heteroatoms. The van der Waals surface area contributed by atoms with Crippen molar-refractivity contribution in [2.24, 2.45) is 7.05 Å². The van der Waals surface area contributed by atoms with Crippen molar-refractivity contribution in [1.82, 2.24) is 4.57 Å². The number of fused-ring (bicyclic) bond motifs is 1. The maximum atomic E-state index is 4.08. The van der Waals surface area contributed by atoms with Gasteiger partial charge >= 0.3 is 0 Å². The zero-order valence-electron chi connectivity index (χ0n) is 14.1. The molecule has 22 heavy (non-hydrogen) atoms. The smallest absolute Gasteiger partial charge is 0.0371 e. The van der Waals surface area contributed by atoms with Crippen LogP contribution in [0.2, 0.25) is 0 Å². The fraction of sp³-hybridized carbons (Fsp3) is 0.600. The topological polar surface area (TPSA) is 4.93 Å². The predicted molar refractivity (Wildman–Crippen MR) is 75.0 cm³/mol. The van der Waals surface area contributed by atoms with E-state index in [9.17, 15) is 0 Å². The number of hydrogen-bond donors (Lipinski definition) is 0. The Morgan fingerprint density at radius 2 is 0.864 bits per heavy atom. The molecule has 0 amide bonds. The molecular weight excluding hydrogens is 1300 g/mol. The Kier molecular flexibility index (Phi) is 53.4. The molecule has 1 aromatic heterocycles. The Labute approximate surface area is 223 Å². The largest absolute Gasteiger partial charge is 0.345 e. The van der Waals surface area contributed by atoms with Crippen LogP contribution in [0.25, 0.3) is 13.2 Å². The Hall–Kier alpha value is 3.15. The average Bonchev–Trinajstić information content (AvgIpc) is 2.60. The maximum Gasteiger partial charge on any atom is 0.0371 e. The minimum atomic E-state index is 0. The summed E-state index contributed by atoms with van der Waals surface area (Å²) in [6.45, 7) is 16.2. The van der Waals surface area contributed by atoms with Crippen LogP contribution in [-0.4, -0.2) is 4.57 Å². The summed E-state index contributed by atoms with van der Waals surface area (Å²) >= 11 is 0. The fourth-order valence-corrected chi connectivity index (χ4v) is 2.11. The molecule has 0 fully saturated rings. The van der Waals surface area contributed by atoms with Crippen molar-refractivity contribution in [2.45, 2.75) is 53.4 Å². The molecule has 128 valence electrons. The second-order valence-electron chi connectivity index (χ2n) is 3.62. The molecule has 0 unspecified atom stereocenters. The van der Waals surface area contributed by atoms with E-state index in [0.29, 0.717) is 0 Å². The Balaban J connectivity index is -0.0000000420. The molecule has 0 N–H and O–H groups in total. The monoisotopic (exact) mass is 1320 g/mol. The number of rotatable bonds is 0. The summed E-state index contributed by atoms with van der Waals surface area (Å²) in [4.78, 5) is 0. The third kappa shape index (κ3) is 12.5. The number of nitrogens with zero attached hydrogens (tertiary/aromatic N) is 1. The van der Waals surface area contributed by atoms with Crippen LogP contribution in [0, 0.1) is 0 Å². The summed E-state index contributed by atoms with van der Waals surface area (Å²) in [6, 6.07) is 0. The van der Waals surface area contributed by atoms with E-state index in [0.717, 1.165) is 0 Å². The van der Waals surface area contributed by atoms with Crippen LogP contribution in [0.1, 0.15) is 51.7 Å². The van der Waals surface area contributed by atoms with Gasteiger partial charge in [-0.25, -0.2) is 0 Å². The molecule has 0 saturated carbocycles. The van der Waals surface area contributed by atoms with Gasteiger partial charge in [0, 0.05) is 144 Å². The second kappa shape index (κ2) is 26.4.